The van der Waals surface area contributed by atoms with E-state index in [0.717, 1.165) is 12.8 Å². The van der Waals surface area contributed by atoms with E-state index in [0.29, 0.717) is 23.5 Å². The van der Waals surface area contributed by atoms with Gasteiger partial charge in [0.15, 0.2) is 0 Å². The maximum absolute atomic E-state index is 13.3. The number of nitrogens with one attached hydrogen (secondary N) is 1. The molecule has 2 heterocycles. The lowest BCUT2D eigenvalue weighted by atomic mass is 10.0. The van der Waals surface area contributed by atoms with Gasteiger partial charge in [-0.15, -0.1) is 11.3 Å². The van der Waals surface area contributed by atoms with Gasteiger partial charge in [-0.3, -0.25) is 9.59 Å². The fourth-order valence-corrected chi connectivity index (χ4v) is 3.65. The molecule has 5 nitrogen and oxygen atoms in total. The minimum atomic E-state index is -0.543. The number of piperidine rings is 1. The summed E-state index contributed by atoms with van der Waals surface area (Å²) in [5.41, 5.74) is 0.392. The van der Waals surface area contributed by atoms with Crippen LogP contribution in [-0.4, -0.2) is 36.4 Å². The van der Waals surface area contributed by atoms with Crippen LogP contribution < -0.4 is 10.1 Å². The van der Waals surface area contributed by atoms with Crippen molar-refractivity contribution in [3.05, 3.63) is 46.4 Å². The van der Waals surface area contributed by atoms with Crippen LogP contribution in [0.3, 0.4) is 0 Å². The van der Waals surface area contributed by atoms with Gasteiger partial charge >= 0.3 is 0 Å². The first kappa shape index (κ1) is 17.4. The molecule has 3 rings (SSSR count). The molecule has 0 aliphatic carbocycles. The quantitative estimate of drug-likeness (QED) is 0.905. The summed E-state index contributed by atoms with van der Waals surface area (Å²) in [6, 6.07) is 6.97. The number of anilines is 1. The number of amides is 2. The molecule has 1 aromatic carbocycles. The first-order valence-corrected chi connectivity index (χ1v) is 8.97. The zero-order valence-corrected chi connectivity index (χ0v) is 14.6. The Balaban J connectivity index is 1.78. The van der Waals surface area contributed by atoms with Crippen molar-refractivity contribution in [1.29, 1.82) is 0 Å². The number of rotatable bonds is 4. The summed E-state index contributed by atoms with van der Waals surface area (Å²) in [5.74, 6) is -0.599. The maximum Gasteiger partial charge on any atom is 0.264 e. The van der Waals surface area contributed by atoms with Crippen molar-refractivity contribution in [3.63, 3.8) is 0 Å². The van der Waals surface area contributed by atoms with Crippen LogP contribution >= 0.6 is 11.3 Å². The van der Waals surface area contributed by atoms with E-state index in [2.05, 4.69) is 5.32 Å². The second kappa shape index (κ2) is 7.65. The molecule has 1 fully saturated rings. The summed E-state index contributed by atoms with van der Waals surface area (Å²) in [6.07, 6.45) is 2.36. The lowest BCUT2D eigenvalue weighted by molar-refractivity contribution is -0.121. The van der Waals surface area contributed by atoms with Crippen LogP contribution in [0.5, 0.6) is 5.75 Å². The summed E-state index contributed by atoms with van der Waals surface area (Å²) < 4.78 is 18.4. The summed E-state index contributed by atoms with van der Waals surface area (Å²) >= 11 is 1.37. The van der Waals surface area contributed by atoms with Crippen molar-refractivity contribution in [2.45, 2.75) is 25.3 Å². The molecule has 2 aromatic rings. The summed E-state index contributed by atoms with van der Waals surface area (Å²) in [5, 5.41) is 4.61. The Morgan fingerprint density at radius 3 is 2.88 bits per heavy atom. The molecule has 132 valence electrons. The van der Waals surface area contributed by atoms with Crippen LogP contribution in [0.2, 0.25) is 0 Å². The molecule has 0 saturated carbocycles. The highest BCUT2D eigenvalue weighted by molar-refractivity contribution is 7.12. The Morgan fingerprint density at radius 1 is 1.32 bits per heavy atom. The molecular formula is C18H19FN2O3S. The number of likely N-dealkylation sites (tertiary alicyclic amines) is 1. The smallest absolute Gasteiger partial charge is 0.264 e. The number of benzene rings is 1. The highest BCUT2D eigenvalue weighted by atomic mass is 32.1. The summed E-state index contributed by atoms with van der Waals surface area (Å²) in [4.78, 5) is 27.7. The molecule has 1 aliphatic heterocycles. The lowest BCUT2D eigenvalue weighted by Gasteiger charge is -2.34. The van der Waals surface area contributed by atoms with E-state index in [1.165, 1.54) is 36.6 Å². The number of hydrogen-bond acceptors (Lipinski definition) is 4. The van der Waals surface area contributed by atoms with Crippen LogP contribution in [0.15, 0.2) is 35.7 Å². The molecule has 7 heteroatoms. The van der Waals surface area contributed by atoms with Gasteiger partial charge in [-0.1, -0.05) is 6.07 Å². The van der Waals surface area contributed by atoms with Crippen molar-refractivity contribution in [2.75, 3.05) is 19.0 Å². The van der Waals surface area contributed by atoms with Gasteiger partial charge in [-0.05, 0) is 42.8 Å². The highest BCUT2D eigenvalue weighted by Crippen LogP contribution is 2.27. The molecule has 0 bridgehead atoms. The number of hydrogen-bond donors (Lipinski definition) is 1. The van der Waals surface area contributed by atoms with Gasteiger partial charge in [-0.2, -0.15) is 0 Å². The Kier molecular flexibility index (Phi) is 5.33. The Bertz CT molecular complexity index is 764. The van der Waals surface area contributed by atoms with E-state index in [-0.39, 0.29) is 17.6 Å². The maximum atomic E-state index is 13.3. The Labute approximate surface area is 149 Å². The third-order valence-electron chi connectivity index (χ3n) is 4.22. The van der Waals surface area contributed by atoms with E-state index >= 15 is 0 Å². The van der Waals surface area contributed by atoms with Crippen LogP contribution in [0, 0.1) is 5.82 Å². The van der Waals surface area contributed by atoms with E-state index in [1.54, 1.807) is 11.0 Å². The number of thiophene rings is 1. The largest absolute Gasteiger partial charge is 0.494 e. The molecule has 1 aromatic heterocycles. The zero-order chi connectivity index (χ0) is 17.8. The predicted molar refractivity (Wildman–Crippen MR) is 94.6 cm³/mol. The normalized spacial score (nSPS) is 17.2. The van der Waals surface area contributed by atoms with Gasteiger partial charge in [0, 0.05) is 12.6 Å². The van der Waals surface area contributed by atoms with Gasteiger partial charge in [0.2, 0.25) is 5.91 Å². The fourth-order valence-electron chi connectivity index (χ4n) is 2.97. The van der Waals surface area contributed by atoms with E-state index in [1.807, 2.05) is 11.4 Å². The minimum absolute atomic E-state index is 0.124. The first-order chi connectivity index (χ1) is 12.1. The van der Waals surface area contributed by atoms with Gasteiger partial charge in [-0.25, -0.2) is 4.39 Å². The molecule has 2 amide bonds. The Morgan fingerprint density at radius 2 is 2.16 bits per heavy atom. The molecule has 0 radical (unpaired) electrons. The molecule has 1 N–H and O–H groups in total. The van der Waals surface area contributed by atoms with Crippen molar-refractivity contribution in [1.82, 2.24) is 4.90 Å². The van der Waals surface area contributed by atoms with E-state index in [9.17, 15) is 14.0 Å². The highest BCUT2D eigenvalue weighted by Gasteiger charge is 2.33. The average Bonchev–Trinajstić information content (AvgIpc) is 3.17. The molecule has 1 saturated heterocycles. The third kappa shape index (κ3) is 3.82. The Hall–Kier alpha value is -2.41. The van der Waals surface area contributed by atoms with Crippen LogP contribution in [0.4, 0.5) is 10.1 Å². The molecule has 1 unspecified atom stereocenters. The predicted octanol–water partition coefficient (Wildman–Crippen LogP) is 3.53. The SMILES string of the molecule is COc1cc(F)ccc1NC(=O)C1CCCCN1C(=O)c1cccs1. The van der Waals surface area contributed by atoms with E-state index < -0.39 is 11.9 Å². The minimum Gasteiger partial charge on any atom is -0.494 e. The van der Waals surface area contributed by atoms with Crippen molar-refractivity contribution >= 4 is 28.8 Å². The number of carbonyl (C=O) groups excluding carboxylic acids is 2. The molecule has 1 atom stereocenters. The standard InChI is InChI=1S/C18H19FN2O3S/c1-24-15-11-12(19)7-8-13(15)20-17(22)14-5-2-3-9-21(14)18(23)16-6-4-10-25-16/h4,6-8,10-11,14H,2-3,5,9H2,1H3,(H,20,22). The summed E-state index contributed by atoms with van der Waals surface area (Å²) in [6.45, 7) is 0.551. The average molecular weight is 362 g/mol. The van der Waals surface area contributed by atoms with E-state index in [4.69, 9.17) is 4.74 Å². The molecule has 1 aliphatic rings. The van der Waals surface area contributed by atoms with Gasteiger partial charge in [0.25, 0.3) is 5.91 Å². The van der Waals surface area contributed by atoms with Crippen LogP contribution in [-0.2, 0) is 4.79 Å². The topological polar surface area (TPSA) is 58.6 Å². The number of ether oxygens (including phenoxy) is 1. The van der Waals surface area contributed by atoms with Gasteiger partial charge in [0.05, 0.1) is 17.7 Å². The first-order valence-electron chi connectivity index (χ1n) is 8.09. The van der Waals surface area contributed by atoms with Gasteiger partial charge in [0.1, 0.15) is 17.6 Å². The molecular weight excluding hydrogens is 343 g/mol. The van der Waals surface area contributed by atoms with Crippen molar-refractivity contribution in [2.24, 2.45) is 0 Å². The van der Waals surface area contributed by atoms with Crippen LogP contribution in [0.1, 0.15) is 28.9 Å². The van der Waals surface area contributed by atoms with Crippen LogP contribution in [0.25, 0.3) is 0 Å². The second-order valence-corrected chi connectivity index (χ2v) is 6.77. The van der Waals surface area contributed by atoms with Crippen molar-refractivity contribution < 1.29 is 18.7 Å². The zero-order valence-electron chi connectivity index (χ0n) is 13.8. The monoisotopic (exact) mass is 362 g/mol. The summed E-state index contributed by atoms with van der Waals surface area (Å²) in [7, 11) is 1.41. The number of nitrogens with zero attached hydrogens (tertiary/aromatic N) is 1. The number of carbonyl (C=O) groups is 2. The number of methoxy groups -OCH3 is 1. The second-order valence-electron chi connectivity index (χ2n) is 5.82. The molecule has 25 heavy (non-hydrogen) atoms. The van der Waals surface area contributed by atoms with Gasteiger partial charge < -0.3 is 15.0 Å². The number of halogens is 1. The molecule has 0 spiro atoms. The lowest BCUT2D eigenvalue weighted by Crippen LogP contribution is -2.49. The third-order valence-corrected chi connectivity index (χ3v) is 5.08. The fraction of sp³-hybridized carbons (Fsp3) is 0.333. The van der Waals surface area contributed by atoms with Crippen molar-refractivity contribution in [3.8, 4) is 5.75 Å².